The number of rotatable bonds is 11. The van der Waals surface area contributed by atoms with Crippen molar-refractivity contribution >= 4 is 11.8 Å². The van der Waals surface area contributed by atoms with Crippen molar-refractivity contribution in [3.8, 4) is 12.3 Å². The maximum Gasteiger partial charge on any atom is 0.325 e. The molecule has 3 rings (SSSR count). The summed E-state index contributed by atoms with van der Waals surface area (Å²) >= 11 is 0. The first-order valence-corrected chi connectivity index (χ1v) is 12.5. The van der Waals surface area contributed by atoms with E-state index < -0.39 is 12.0 Å². The molecule has 6 heteroatoms. The number of hydrogen-bond donors (Lipinski definition) is 2. The van der Waals surface area contributed by atoms with Gasteiger partial charge in [-0.15, -0.1) is 6.42 Å². The van der Waals surface area contributed by atoms with Crippen molar-refractivity contribution in [1.29, 1.82) is 0 Å². The number of nitrogens with zero attached hydrogens (tertiary/aromatic N) is 2. The van der Waals surface area contributed by atoms with E-state index in [4.69, 9.17) is 16.1 Å². The number of nitrogens with one attached hydrogen (secondary N) is 1. The molecule has 0 saturated carbocycles. The molecule has 2 N–H and O–H groups in total. The second-order valence-corrected chi connectivity index (χ2v) is 9.61. The molecule has 6 nitrogen and oxygen atoms in total. The molecule has 2 aliphatic heterocycles. The zero-order chi connectivity index (χ0) is 24.5. The van der Waals surface area contributed by atoms with E-state index in [-0.39, 0.29) is 12.0 Å². The summed E-state index contributed by atoms with van der Waals surface area (Å²) in [6, 6.07) is 3.64. The van der Waals surface area contributed by atoms with Gasteiger partial charge in [-0.2, -0.15) is 0 Å². The fourth-order valence-corrected chi connectivity index (χ4v) is 4.69. The highest BCUT2D eigenvalue weighted by Gasteiger charge is 2.35. The molecule has 0 unspecified atom stereocenters. The largest absolute Gasteiger partial charge is 0.480 e. The van der Waals surface area contributed by atoms with Crippen LogP contribution in [0.25, 0.3) is 0 Å². The minimum absolute atomic E-state index is 0.0603. The maximum absolute atomic E-state index is 12.2. The van der Waals surface area contributed by atoms with Crippen molar-refractivity contribution < 1.29 is 14.6 Å². The van der Waals surface area contributed by atoms with Crippen LogP contribution in [0.2, 0.25) is 0 Å². The summed E-state index contributed by atoms with van der Waals surface area (Å²) in [6.07, 6.45) is 14.9. The number of anilines is 1. The van der Waals surface area contributed by atoms with Crippen LogP contribution in [0.15, 0.2) is 35.4 Å². The van der Waals surface area contributed by atoms with E-state index in [1.807, 2.05) is 11.8 Å². The molecule has 184 valence electrons. The quantitative estimate of drug-likeness (QED) is 0.285. The van der Waals surface area contributed by atoms with Gasteiger partial charge >= 0.3 is 5.97 Å². The lowest BCUT2D eigenvalue weighted by molar-refractivity contribution is -0.141. The molecular weight excluding hydrogens is 426 g/mol. The lowest BCUT2D eigenvalue weighted by Gasteiger charge is -2.27. The first-order chi connectivity index (χ1) is 16.4. The number of aliphatic carboxylic acids is 1. The summed E-state index contributed by atoms with van der Waals surface area (Å²) in [5.74, 6) is 2.95. The van der Waals surface area contributed by atoms with Gasteiger partial charge < -0.3 is 15.2 Å². The van der Waals surface area contributed by atoms with Gasteiger partial charge in [-0.05, 0) is 80.7 Å². The number of aryl methyl sites for hydroxylation is 2. The van der Waals surface area contributed by atoms with Crippen LogP contribution in [0.4, 0.5) is 5.82 Å². The van der Waals surface area contributed by atoms with Gasteiger partial charge in [0, 0.05) is 31.9 Å². The van der Waals surface area contributed by atoms with Gasteiger partial charge in [-0.1, -0.05) is 31.4 Å². The van der Waals surface area contributed by atoms with Crippen LogP contribution in [0, 0.1) is 18.3 Å². The van der Waals surface area contributed by atoms with E-state index in [0.29, 0.717) is 19.7 Å². The Labute approximate surface area is 204 Å². The molecule has 1 aromatic rings. The number of unbranched alkanes of at least 4 members (excludes halogenated alkanes) is 1. The number of pyridine rings is 1. The Kier molecular flexibility index (Phi) is 9.74. The molecule has 1 saturated heterocycles. The molecule has 0 spiro atoms. The third kappa shape index (κ3) is 6.94. The normalized spacial score (nSPS) is 20.0. The highest BCUT2D eigenvalue weighted by atomic mass is 16.5. The Morgan fingerprint density at radius 2 is 2.24 bits per heavy atom. The third-order valence-electron chi connectivity index (χ3n) is 6.88. The van der Waals surface area contributed by atoms with E-state index in [0.717, 1.165) is 61.3 Å². The van der Waals surface area contributed by atoms with Gasteiger partial charge in [0.05, 0.1) is 6.10 Å². The van der Waals surface area contributed by atoms with Crippen molar-refractivity contribution in [3.63, 3.8) is 0 Å². The second kappa shape index (κ2) is 12.7. The number of aromatic nitrogens is 1. The molecule has 0 bridgehead atoms. The average molecular weight is 466 g/mol. The summed E-state index contributed by atoms with van der Waals surface area (Å²) in [4.78, 5) is 19.0. The summed E-state index contributed by atoms with van der Waals surface area (Å²) in [7, 11) is 0. The van der Waals surface area contributed by atoms with Gasteiger partial charge in [-0.3, -0.25) is 9.69 Å². The van der Waals surface area contributed by atoms with Crippen LogP contribution in [-0.4, -0.2) is 59.3 Å². The number of fused-ring (bicyclic) bond motifs is 1. The lowest BCUT2D eigenvalue weighted by Crippen LogP contribution is -2.42. The first-order valence-electron chi connectivity index (χ1n) is 12.5. The summed E-state index contributed by atoms with van der Waals surface area (Å²) in [5.41, 5.74) is 4.28. The molecule has 0 aromatic carbocycles. The van der Waals surface area contributed by atoms with Crippen LogP contribution in [0.3, 0.4) is 0 Å². The van der Waals surface area contributed by atoms with Crippen molar-refractivity contribution in [2.45, 2.75) is 71.4 Å². The standard InChI is InChI=1S/C28H39N3O3/c1-5-6-12-25(21(4)20(2)3)26(28(32)33)31-17-15-24(19-31)34-18-8-7-11-23-14-13-22-10-9-16-29-27(22)30-23/h1,6,12-14,20,24,26H,7-11,15-19H2,2-4H3,(H,29,30)(H,32,33)/b12-6-,25-21-/t24-,26-/m1/s1. The Bertz CT molecular complexity index is 945. The number of carboxylic acid groups (broad SMARTS) is 1. The molecule has 0 radical (unpaired) electrons. The molecule has 34 heavy (non-hydrogen) atoms. The van der Waals surface area contributed by atoms with Crippen molar-refractivity contribution in [2.75, 3.05) is 31.6 Å². The van der Waals surface area contributed by atoms with Gasteiger partial charge in [0.25, 0.3) is 0 Å². The predicted molar refractivity (Wildman–Crippen MR) is 137 cm³/mol. The predicted octanol–water partition coefficient (Wildman–Crippen LogP) is 4.47. The van der Waals surface area contributed by atoms with Crippen LogP contribution < -0.4 is 5.32 Å². The number of hydrogen-bond acceptors (Lipinski definition) is 5. The molecule has 3 heterocycles. The maximum atomic E-state index is 12.2. The fourth-order valence-electron chi connectivity index (χ4n) is 4.69. The van der Waals surface area contributed by atoms with Crippen LogP contribution in [0.1, 0.15) is 57.7 Å². The van der Waals surface area contributed by atoms with Crippen molar-refractivity contribution in [3.05, 3.63) is 46.7 Å². The Hall–Kier alpha value is -2.62. The number of terminal acetylenes is 1. The molecule has 2 atom stereocenters. The zero-order valence-electron chi connectivity index (χ0n) is 20.8. The molecule has 1 fully saturated rings. The van der Waals surface area contributed by atoms with Crippen molar-refractivity contribution in [2.24, 2.45) is 5.92 Å². The van der Waals surface area contributed by atoms with Gasteiger partial charge in [0.2, 0.25) is 0 Å². The van der Waals surface area contributed by atoms with E-state index >= 15 is 0 Å². The first kappa shape index (κ1) is 26.0. The molecule has 2 aliphatic rings. The topological polar surface area (TPSA) is 74.7 Å². The Morgan fingerprint density at radius 1 is 1.41 bits per heavy atom. The third-order valence-corrected chi connectivity index (χ3v) is 6.88. The number of allylic oxidation sites excluding steroid dienone is 2. The van der Waals surface area contributed by atoms with E-state index in [2.05, 4.69) is 37.2 Å². The average Bonchev–Trinajstić information content (AvgIpc) is 3.28. The number of carbonyl (C=O) groups is 1. The minimum Gasteiger partial charge on any atom is -0.480 e. The minimum atomic E-state index is -0.843. The fraction of sp³-hybridized carbons (Fsp3) is 0.571. The summed E-state index contributed by atoms with van der Waals surface area (Å²) in [5, 5.41) is 13.4. The number of carboxylic acids is 1. The second-order valence-electron chi connectivity index (χ2n) is 9.61. The Balaban J connectivity index is 1.48. The highest BCUT2D eigenvalue weighted by molar-refractivity contribution is 5.79. The molecule has 0 amide bonds. The smallest absolute Gasteiger partial charge is 0.325 e. The molecule has 0 aliphatic carbocycles. The molecule has 1 aromatic heterocycles. The summed E-state index contributed by atoms with van der Waals surface area (Å²) in [6.45, 7) is 9.15. The zero-order valence-corrected chi connectivity index (χ0v) is 20.8. The Morgan fingerprint density at radius 3 is 2.97 bits per heavy atom. The summed E-state index contributed by atoms with van der Waals surface area (Å²) < 4.78 is 6.13. The number of likely N-dealkylation sites (tertiary alicyclic amines) is 1. The van der Waals surface area contributed by atoms with E-state index in [1.165, 1.54) is 12.0 Å². The SMILES string of the molecule is C#C/C=C\C(=C(/C)C(C)C)[C@H](C(=O)O)N1CC[C@@H](OCCCCc2ccc3c(n2)NCCC3)C1. The van der Waals surface area contributed by atoms with Gasteiger partial charge in [0.1, 0.15) is 11.9 Å². The van der Waals surface area contributed by atoms with E-state index in [1.54, 1.807) is 12.2 Å². The monoisotopic (exact) mass is 465 g/mol. The van der Waals surface area contributed by atoms with Crippen molar-refractivity contribution in [1.82, 2.24) is 9.88 Å². The lowest BCUT2D eigenvalue weighted by atomic mass is 9.92. The van der Waals surface area contributed by atoms with Crippen LogP contribution in [0.5, 0.6) is 0 Å². The van der Waals surface area contributed by atoms with E-state index in [9.17, 15) is 9.90 Å². The van der Waals surface area contributed by atoms with Crippen LogP contribution >= 0.6 is 0 Å². The number of ether oxygens (including phenoxy) is 1. The van der Waals surface area contributed by atoms with Gasteiger partial charge in [0.15, 0.2) is 0 Å². The van der Waals surface area contributed by atoms with Crippen LogP contribution in [-0.2, 0) is 22.4 Å². The highest BCUT2D eigenvalue weighted by Crippen LogP contribution is 2.26. The van der Waals surface area contributed by atoms with Gasteiger partial charge in [-0.25, -0.2) is 4.98 Å². The molecular formula is C28H39N3O3.